The average molecular weight is 332 g/mol. The van der Waals surface area contributed by atoms with Crippen LogP contribution in [0.2, 0.25) is 4.34 Å². The molecular weight excluding hydrogens is 316 g/mol. The lowest BCUT2D eigenvalue weighted by molar-refractivity contribution is -0.0506. The van der Waals surface area contributed by atoms with Crippen molar-refractivity contribution in [3.63, 3.8) is 0 Å². The minimum atomic E-state index is -2.84. The lowest BCUT2D eigenvalue weighted by atomic mass is 10.0. The van der Waals surface area contributed by atoms with Gasteiger partial charge >= 0.3 is 6.61 Å². The second-order valence-corrected chi connectivity index (χ2v) is 6.19. The van der Waals surface area contributed by atoms with Crippen molar-refractivity contribution in [1.29, 1.82) is 0 Å². The van der Waals surface area contributed by atoms with Crippen LogP contribution in [0.4, 0.5) is 8.78 Å². The number of alkyl halides is 2. The molecule has 2 rings (SSSR count). The molecule has 2 nitrogen and oxygen atoms in total. The van der Waals surface area contributed by atoms with Crippen LogP contribution < -0.4 is 10.1 Å². The van der Waals surface area contributed by atoms with Crippen LogP contribution in [0.1, 0.15) is 29.8 Å². The summed E-state index contributed by atoms with van der Waals surface area (Å²) >= 11 is 7.42. The molecule has 0 saturated heterocycles. The lowest BCUT2D eigenvalue weighted by Crippen LogP contribution is -2.23. The number of nitrogens with one attached hydrogen (secondary N) is 1. The first kappa shape index (κ1) is 16.2. The molecule has 0 aliphatic carbocycles. The third-order valence-corrected chi connectivity index (χ3v) is 4.22. The SMILES string of the molecule is CCCNC(c1ccc(Cl)s1)c1ccccc1OC(F)F. The quantitative estimate of drug-likeness (QED) is 0.762. The third-order valence-electron chi connectivity index (χ3n) is 2.92. The Morgan fingerprint density at radius 1 is 1.24 bits per heavy atom. The Labute approximate surface area is 131 Å². The lowest BCUT2D eigenvalue weighted by Gasteiger charge is -2.20. The highest BCUT2D eigenvalue weighted by Crippen LogP contribution is 2.35. The number of ether oxygens (including phenoxy) is 1. The fourth-order valence-electron chi connectivity index (χ4n) is 2.06. The molecule has 6 heteroatoms. The van der Waals surface area contributed by atoms with E-state index in [0.717, 1.165) is 17.8 Å². The van der Waals surface area contributed by atoms with Gasteiger partial charge in [-0.2, -0.15) is 8.78 Å². The van der Waals surface area contributed by atoms with Crippen molar-refractivity contribution in [2.24, 2.45) is 0 Å². The van der Waals surface area contributed by atoms with Crippen molar-refractivity contribution in [3.8, 4) is 5.75 Å². The average Bonchev–Trinajstić information content (AvgIpc) is 2.87. The van der Waals surface area contributed by atoms with Crippen LogP contribution >= 0.6 is 22.9 Å². The highest BCUT2D eigenvalue weighted by molar-refractivity contribution is 7.16. The predicted molar refractivity (Wildman–Crippen MR) is 82.5 cm³/mol. The number of halogens is 3. The largest absolute Gasteiger partial charge is 0.434 e. The van der Waals surface area contributed by atoms with Crippen LogP contribution in [0.15, 0.2) is 36.4 Å². The highest BCUT2D eigenvalue weighted by Gasteiger charge is 2.20. The molecule has 0 saturated carbocycles. The van der Waals surface area contributed by atoms with E-state index in [1.165, 1.54) is 11.3 Å². The molecule has 1 atom stereocenters. The van der Waals surface area contributed by atoms with Crippen LogP contribution in [0.5, 0.6) is 5.75 Å². The van der Waals surface area contributed by atoms with E-state index in [-0.39, 0.29) is 11.8 Å². The second-order valence-electron chi connectivity index (χ2n) is 4.45. The molecule has 0 radical (unpaired) electrons. The number of thiophene rings is 1. The fourth-order valence-corrected chi connectivity index (χ4v) is 3.21. The first-order valence-corrected chi connectivity index (χ1v) is 7.83. The summed E-state index contributed by atoms with van der Waals surface area (Å²) in [4.78, 5) is 0.971. The van der Waals surface area contributed by atoms with Gasteiger partial charge in [-0.05, 0) is 31.2 Å². The molecule has 21 heavy (non-hydrogen) atoms. The van der Waals surface area contributed by atoms with Crippen molar-refractivity contribution >= 4 is 22.9 Å². The van der Waals surface area contributed by atoms with Crippen LogP contribution in [0.25, 0.3) is 0 Å². The monoisotopic (exact) mass is 331 g/mol. The number of hydrogen-bond acceptors (Lipinski definition) is 3. The summed E-state index contributed by atoms with van der Waals surface area (Å²) in [5.41, 5.74) is 0.685. The van der Waals surface area contributed by atoms with Gasteiger partial charge in [0, 0.05) is 10.4 Å². The molecule has 1 aromatic carbocycles. The molecule has 1 N–H and O–H groups in total. The normalized spacial score (nSPS) is 12.6. The maximum atomic E-state index is 12.6. The Morgan fingerprint density at radius 3 is 2.62 bits per heavy atom. The summed E-state index contributed by atoms with van der Waals surface area (Å²) in [5, 5.41) is 3.36. The minimum Gasteiger partial charge on any atom is -0.434 e. The smallest absolute Gasteiger partial charge is 0.387 e. The number of para-hydroxylation sites is 1. The van der Waals surface area contributed by atoms with E-state index in [1.54, 1.807) is 24.3 Å². The number of benzene rings is 1. The van der Waals surface area contributed by atoms with Gasteiger partial charge < -0.3 is 10.1 Å². The van der Waals surface area contributed by atoms with Gasteiger partial charge in [0.05, 0.1) is 10.4 Å². The summed E-state index contributed by atoms with van der Waals surface area (Å²) in [6, 6.07) is 10.3. The summed E-state index contributed by atoms with van der Waals surface area (Å²) in [6.07, 6.45) is 0.938. The van der Waals surface area contributed by atoms with Crippen molar-refractivity contribution in [2.75, 3.05) is 6.54 Å². The summed E-state index contributed by atoms with van der Waals surface area (Å²) in [6.45, 7) is -0.0270. The highest BCUT2D eigenvalue weighted by atomic mass is 35.5. The maximum absolute atomic E-state index is 12.6. The second kappa shape index (κ2) is 7.73. The molecule has 0 amide bonds. The molecule has 1 unspecified atom stereocenters. The number of hydrogen-bond donors (Lipinski definition) is 1. The van der Waals surface area contributed by atoms with E-state index < -0.39 is 6.61 Å². The maximum Gasteiger partial charge on any atom is 0.387 e. The minimum absolute atomic E-state index is 0.186. The van der Waals surface area contributed by atoms with Crippen molar-refractivity contribution < 1.29 is 13.5 Å². The van der Waals surface area contributed by atoms with Gasteiger partial charge in [0.2, 0.25) is 0 Å². The zero-order chi connectivity index (χ0) is 15.2. The predicted octanol–water partition coefficient (Wildman–Crippen LogP) is 5.09. The molecule has 0 fully saturated rings. The topological polar surface area (TPSA) is 21.3 Å². The Balaban J connectivity index is 2.36. The van der Waals surface area contributed by atoms with Crippen LogP contribution in [-0.2, 0) is 0 Å². The van der Waals surface area contributed by atoms with Gasteiger partial charge in [-0.3, -0.25) is 0 Å². The molecule has 0 aliphatic heterocycles. The van der Waals surface area contributed by atoms with Gasteiger partial charge in [0.1, 0.15) is 5.75 Å². The Kier molecular flexibility index (Phi) is 5.96. The zero-order valence-electron chi connectivity index (χ0n) is 11.5. The molecule has 0 bridgehead atoms. The molecule has 1 heterocycles. The van der Waals surface area contributed by atoms with Crippen molar-refractivity contribution in [3.05, 3.63) is 51.2 Å². The zero-order valence-corrected chi connectivity index (χ0v) is 13.1. The van der Waals surface area contributed by atoms with E-state index in [4.69, 9.17) is 11.6 Å². The van der Waals surface area contributed by atoms with Gasteiger partial charge in [0.25, 0.3) is 0 Å². The molecular formula is C15H16ClF2NOS. The van der Waals surface area contributed by atoms with Gasteiger partial charge in [-0.15, -0.1) is 11.3 Å². The summed E-state index contributed by atoms with van der Waals surface area (Å²) in [7, 11) is 0. The van der Waals surface area contributed by atoms with Gasteiger partial charge in [-0.25, -0.2) is 0 Å². The molecule has 1 aromatic heterocycles. The molecule has 2 aromatic rings. The van der Waals surface area contributed by atoms with E-state index >= 15 is 0 Å². The van der Waals surface area contributed by atoms with Crippen LogP contribution in [0.3, 0.4) is 0 Å². The molecule has 114 valence electrons. The van der Waals surface area contributed by atoms with E-state index in [9.17, 15) is 8.78 Å². The van der Waals surface area contributed by atoms with E-state index in [2.05, 4.69) is 10.1 Å². The molecule has 0 spiro atoms. The van der Waals surface area contributed by atoms with E-state index in [0.29, 0.717) is 9.90 Å². The van der Waals surface area contributed by atoms with E-state index in [1.807, 2.05) is 19.1 Å². The Hall–Kier alpha value is -1.17. The van der Waals surface area contributed by atoms with Crippen molar-refractivity contribution in [1.82, 2.24) is 5.32 Å². The Bertz CT molecular complexity index is 576. The fraction of sp³-hybridized carbons (Fsp3) is 0.333. The first-order chi connectivity index (χ1) is 10.1. The Morgan fingerprint density at radius 2 is 2.00 bits per heavy atom. The standard InChI is InChI=1S/C15H16ClF2NOS/c1-2-9-19-14(12-7-8-13(16)21-12)10-5-3-4-6-11(10)20-15(17)18/h3-8,14-15,19H,2,9H2,1H3. The first-order valence-electron chi connectivity index (χ1n) is 6.64. The summed E-state index contributed by atoms with van der Waals surface area (Å²) < 4.78 is 30.4. The third kappa shape index (κ3) is 4.40. The van der Waals surface area contributed by atoms with Crippen LogP contribution in [0, 0.1) is 0 Å². The summed E-state index contributed by atoms with van der Waals surface area (Å²) in [5.74, 6) is 0.186. The molecule has 0 aliphatic rings. The van der Waals surface area contributed by atoms with Crippen LogP contribution in [-0.4, -0.2) is 13.2 Å². The van der Waals surface area contributed by atoms with Crippen molar-refractivity contribution in [2.45, 2.75) is 26.0 Å². The van der Waals surface area contributed by atoms with Gasteiger partial charge in [-0.1, -0.05) is 36.7 Å². The van der Waals surface area contributed by atoms with Gasteiger partial charge in [0.15, 0.2) is 0 Å². The number of rotatable bonds is 7.